The second kappa shape index (κ2) is 6.60. The van der Waals surface area contributed by atoms with E-state index < -0.39 is 5.60 Å². The molecular formula is C19H24N4O4. The summed E-state index contributed by atoms with van der Waals surface area (Å²) in [5.74, 6) is -0.0529. The second-order valence-electron chi connectivity index (χ2n) is 8.28. The summed E-state index contributed by atoms with van der Waals surface area (Å²) in [7, 11) is 0. The number of nitrogens with zero attached hydrogens (tertiary/aromatic N) is 4. The number of hydrogen-bond donors (Lipinski definition) is 0. The lowest BCUT2D eigenvalue weighted by molar-refractivity contribution is -0.0861. The highest BCUT2D eigenvalue weighted by Crippen LogP contribution is 2.34. The molecule has 2 aromatic rings. The third kappa shape index (κ3) is 3.53. The monoisotopic (exact) mass is 372 g/mol. The first-order chi connectivity index (χ1) is 12.8. The molecule has 2 bridgehead atoms. The molecule has 0 aromatic carbocycles. The SMILES string of the molecule is CC(C)(C)OC(=O)N1C2COCC1CC(C(=O)c1ccc3nncn3c1)C2. The van der Waals surface area contributed by atoms with Crippen LogP contribution in [0.4, 0.5) is 4.79 Å². The normalized spacial score (nSPS) is 25.4. The molecule has 2 atom stereocenters. The van der Waals surface area contributed by atoms with E-state index in [4.69, 9.17) is 9.47 Å². The number of ketones is 1. The quantitative estimate of drug-likeness (QED) is 0.752. The van der Waals surface area contributed by atoms with E-state index in [1.165, 1.54) is 0 Å². The summed E-state index contributed by atoms with van der Waals surface area (Å²) < 4.78 is 13.0. The molecule has 0 spiro atoms. The topological polar surface area (TPSA) is 86.0 Å². The molecule has 27 heavy (non-hydrogen) atoms. The van der Waals surface area contributed by atoms with Crippen LogP contribution in [0.5, 0.6) is 0 Å². The van der Waals surface area contributed by atoms with Gasteiger partial charge in [-0.2, -0.15) is 0 Å². The number of pyridine rings is 1. The smallest absolute Gasteiger partial charge is 0.410 e. The third-order valence-corrected chi connectivity index (χ3v) is 5.07. The van der Waals surface area contributed by atoms with Crippen LogP contribution < -0.4 is 0 Å². The number of amides is 1. The van der Waals surface area contributed by atoms with Gasteiger partial charge in [0, 0.05) is 17.7 Å². The first kappa shape index (κ1) is 17.9. The number of carbonyl (C=O) groups excluding carboxylic acids is 2. The maximum atomic E-state index is 13.1. The average Bonchev–Trinajstić information content (AvgIpc) is 3.06. The summed E-state index contributed by atoms with van der Waals surface area (Å²) in [6.45, 7) is 6.44. The maximum absolute atomic E-state index is 13.1. The minimum absolute atomic E-state index is 0.0892. The fourth-order valence-corrected chi connectivity index (χ4v) is 3.95. The minimum atomic E-state index is -0.548. The summed E-state index contributed by atoms with van der Waals surface area (Å²) >= 11 is 0. The highest BCUT2D eigenvalue weighted by atomic mass is 16.6. The molecule has 2 fully saturated rings. The maximum Gasteiger partial charge on any atom is 0.410 e. The van der Waals surface area contributed by atoms with Gasteiger partial charge >= 0.3 is 6.09 Å². The number of fused-ring (bicyclic) bond motifs is 3. The van der Waals surface area contributed by atoms with Gasteiger partial charge in [0.2, 0.25) is 0 Å². The van der Waals surface area contributed by atoms with E-state index in [0.29, 0.717) is 37.3 Å². The minimum Gasteiger partial charge on any atom is -0.444 e. The van der Waals surface area contributed by atoms with Gasteiger partial charge in [-0.15, -0.1) is 10.2 Å². The number of carbonyl (C=O) groups is 2. The van der Waals surface area contributed by atoms with E-state index >= 15 is 0 Å². The fraction of sp³-hybridized carbons (Fsp3) is 0.579. The molecule has 1 amide bonds. The molecule has 4 rings (SSSR count). The molecule has 0 radical (unpaired) electrons. The van der Waals surface area contributed by atoms with Crippen molar-refractivity contribution in [2.24, 2.45) is 5.92 Å². The van der Waals surface area contributed by atoms with Crippen molar-refractivity contribution in [3.8, 4) is 0 Å². The number of Topliss-reactive ketones (excluding diaryl/α,β-unsaturated/α-hetero) is 1. The van der Waals surface area contributed by atoms with Crippen LogP contribution in [0.2, 0.25) is 0 Å². The number of morpholine rings is 1. The van der Waals surface area contributed by atoms with Crippen LogP contribution in [-0.2, 0) is 9.47 Å². The molecule has 2 unspecified atom stereocenters. The molecule has 2 aliphatic rings. The Morgan fingerprint density at radius 2 is 1.89 bits per heavy atom. The lowest BCUT2D eigenvalue weighted by Gasteiger charge is -2.47. The molecule has 0 N–H and O–H groups in total. The van der Waals surface area contributed by atoms with Gasteiger partial charge in [-0.1, -0.05) is 0 Å². The highest BCUT2D eigenvalue weighted by molar-refractivity contribution is 5.98. The molecule has 0 saturated carbocycles. The Hall–Kier alpha value is -2.48. The molecule has 0 aliphatic carbocycles. The Labute approximate surface area is 157 Å². The Bertz CT molecular complexity index is 858. The Morgan fingerprint density at radius 1 is 1.19 bits per heavy atom. The second-order valence-corrected chi connectivity index (χ2v) is 8.28. The summed E-state index contributed by atoms with van der Waals surface area (Å²) in [4.78, 5) is 27.5. The lowest BCUT2D eigenvalue weighted by atomic mass is 9.81. The number of aromatic nitrogens is 3. The van der Waals surface area contributed by atoms with Crippen molar-refractivity contribution in [2.45, 2.75) is 51.3 Å². The van der Waals surface area contributed by atoms with Crippen molar-refractivity contribution in [2.75, 3.05) is 13.2 Å². The van der Waals surface area contributed by atoms with E-state index in [1.807, 2.05) is 20.8 Å². The molecule has 4 heterocycles. The predicted octanol–water partition coefficient (Wildman–Crippen LogP) is 2.33. The zero-order valence-electron chi connectivity index (χ0n) is 15.8. The van der Waals surface area contributed by atoms with Gasteiger partial charge < -0.3 is 9.47 Å². The highest BCUT2D eigenvalue weighted by Gasteiger charge is 2.45. The Morgan fingerprint density at radius 3 is 2.56 bits per heavy atom. The first-order valence-electron chi connectivity index (χ1n) is 9.24. The van der Waals surface area contributed by atoms with E-state index in [1.54, 1.807) is 34.0 Å². The van der Waals surface area contributed by atoms with Crippen molar-refractivity contribution in [1.82, 2.24) is 19.5 Å². The van der Waals surface area contributed by atoms with E-state index in [0.717, 1.165) is 0 Å². The molecular weight excluding hydrogens is 348 g/mol. The van der Waals surface area contributed by atoms with Gasteiger partial charge in [0.25, 0.3) is 0 Å². The molecule has 2 aliphatic heterocycles. The van der Waals surface area contributed by atoms with Crippen LogP contribution in [0.15, 0.2) is 24.7 Å². The van der Waals surface area contributed by atoms with Crippen LogP contribution in [0, 0.1) is 5.92 Å². The molecule has 144 valence electrons. The standard InChI is InChI=1S/C19H24N4O4/c1-19(2,3)27-18(25)23-14-6-13(7-15(23)10-26-9-14)17(24)12-4-5-16-21-20-11-22(16)8-12/h4-5,8,11,13-15H,6-7,9-10H2,1-3H3. The molecule has 2 saturated heterocycles. The van der Waals surface area contributed by atoms with E-state index in [9.17, 15) is 9.59 Å². The van der Waals surface area contributed by atoms with Gasteiger partial charge in [-0.25, -0.2) is 4.79 Å². The summed E-state index contributed by atoms with van der Waals surface area (Å²) in [5, 5.41) is 7.81. The van der Waals surface area contributed by atoms with Crippen LogP contribution in [-0.4, -0.2) is 62.3 Å². The lowest BCUT2D eigenvalue weighted by Crippen LogP contribution is -2.60. The average molecular weight is 372 g/mol. The largest absolute Gasteiger partial charge is 0.444 e. The number of ether oxygens (including phenoxy) is 2. The van der Waals surface area contributed by atoms with Crippen LogP contribution in [0.25, 0.3) is 5.65 Å². The van der Waals surface area contributed by atoms with Gasteiger partial charge in [0.1, 0.15) is 11.9 Å². The van der Waals surface area contributed by atoms with E-state index in [-0.39, 0.29) is 29.9 Å². The van der Waals surface area contributed by atoms with Crippen molar-refractivity contribution < 1.29 is 19.1 Å². The number of piperidine rings is 1. The van der Waals surface area contributed by atoms with Crippen LogP contribution in [0.3, 0.4) is 0 Å². The zero-order valence-corrected chi connectivity index (χ0v) is 15.8. The first-order valence-corrected chi connectivity index (χ1v) is 9.24. The van der Waals surface area contributed by atoms with Crippen molar-refractivity contribution in [3.63, 3.8) is 0 Å². The van der Waals surface area contributed by atoms with Gasteiger partial charge in [-0.3, -0.25) is 14.1 Å². The Balaban J connectivity index is 1.52. The predicted molar refractivity (Wildman–Crippen MR) is 96.5 cm³/mol. The van der Waals surface area contributed by atoms with Crippen molar-refractivity contribution in [1.29, 1.82) is 0 Å². The summed E-state index contributed by atoms with van der Waals surface area (Å²) in [6, 6.07) is 3.30. The summed E-state index contributed by atoms with van der Waals surface area (Å²) in [6.07, 6.45) is 4.19. The van der Waals surface area contributed by atoms with Crippen LogP contribution >= 0.6 is 0 Å². The van der Waals surface area contributed by atoms with Gasteiger partial charge in [0.15, 0.2) is 11.4 Å². The number of hydrogen-bond acceptors (Lipinski definition) is 6. The third-order valence-electron chi connectivity index (χ3n) is 5.07. The molecule has 8 heteroatoms. The number of rotatable bonds is 2. The van der Waals surface area contributed by atoms with Crippen molar-refractivity contribution in [3.05, 3.63) is 30.2 Å². The fourth-order valence-electron chi connectivity index (χ4n) is 3.95. The van der Waals surface area contributed by atoms with Crippen LogP contribution in [0.1, 0.15) is 44.0 Å². The van der Waals surface area contributed by atoms with E-state index in [2.05, 4.69) is 10.2 Å². The molecule has 2 aromatic heterocycles. The zero-order chi connectivity index (χ0) is 19.2. The summed E-state index contributed by atoms with van der Waals surface area (Å²) in [5.41, 5.74) is 0.793. The van der Waals surface area contributed by atoms with Gasteiger partial charge in [-0.05, 0) is 45.7 Å². The Kier molecular flexibility index (Phi) is 4.38. The van der Waals surface area contributed by atoms with Gasteiger partial charge in [0.05, 0.1) is 25.3 Å². The van der Waals surface area contributed by atoms with Crippen molar-refractivity contribution >= 4 is 17.5 Å². The molecule has 8 nitrogen and oxygen atoms in total.